The summed E-state index contributed by atoms with van der Waals surface area (Å²) in [5.41, 5.74) is 2.93. The highest BCUT2D eigenvalue weighted by Gasteiger charge is 2.46. The molecular weight excluding hydrogens is 577 g/mol. The molecule has 2 heterocycles. The zero-order valence-corrected chi connectivity index (χ0v) is 24.5. The van der Waals surface area contributed by atoms with Gasteiger partial charge in [-0.25, -0.2) is 9.78 Å². The molecule has 0 spiro atoms. The van der Waals surface area contributed by atoms with Crippen LogP contribution >= 0.6 is 11.3 Å². The molecule has 10 heteroatoms. The summed E-state index contributed by atoms with van der Waals surface area (Å²) in [6.07, 6.45) is 6.71. The van der Waals surface area contributed by atoms with Crippen LogP contribution < -0.4 is 4.74 Å². The number of aromatic carboxylic acids is 1. The second-order valence-corrected chi connectivity index (χ2v) is 13.6. The molecule has 226 valence electrons. The SMILES string of the molecule is O=C(O)c1ccc2nc(C34CCCC(C3)C(CCCc3c(-c5ccccc5OC(F)(F)F)noc3C3CC3)CC4)sc2c1. The standard InChI is InChI=1S/C33H33F3N2O4S/c34-33(35,36)41-26-9-2-1-7-23(26)28-24(29(42-38-28)20-10-11-20)8-3-5-19-14-16-32(15-4-6-22(19)18-32)31-37-25-13-12-21(30(39)40)17-27(25)43-31/h1-2,7,9,12-13,17,19-20,22H,3-6,8,10-11,14-16,18H2,(H,39,40). The summed E-state index contributed by atoms with van der Waals surface area (Å²) in [6.45, 7) is 0. The Morgan fingerprint density at radius 1 is 1.12 bits per heavy atom. The first kappa shape index (κ1) is 28.4. The number of fused-ring (bicyclic) bond motifs is 3. The van der Waals surface area contributed by atoms with E-state index in [-0.39, 0.29) is 11.2 Å². The van der Waals surface area contributed by atoms with Crippen LogP contribution in [0.5, 0.6) is 5.75 Å². The van der Waals surface area contributed by atoms with Gasteiger partial charge in [0.15, 0.2) is 0 Å². The molecular formula is C33H33F3N2O4S. The molecule has 0 saturated heterocycles. The fourth-order valence-corrected chi connectivity index (χ4v) is 8.82. The Morgan fingerprint density at radius 2 is 1.95 bits per heavy atom. The van der Waals surface area contributed by atoms with E-state index in [1.165, 1.54) is 18.6 Å². The second-order valence-electron chi connectivity index (χ2n) is 12.5. The number of para-hydroxylation sites is 1. The fourth-order valence-electron chi connectivity index (χ4n) is 7.56. The van der Waals surface area contributed by atoms with Crippen molar-refractivity contribution in [1.29, 1.82) is 0 Å². The van der Waals surface area contributed by atoms with E-state index >= 15 is 0 Å². The fraction of sp³-hybridized carbons (Fsp3) is 0.485. The number of aromatic nitrogens is 2. The largest absolute Gasteiger partial charge is 0.573 e. The van der Waals surface area contributed by atoms with Crippen molar-refractivity contribution < 1.29 is 32.3 Å². The van der Waals surface area contributed by atoms with Crippen LogP contribution in [-0.4, -0.2) is 27.6 Å². The van der Waals surface area contributed by atoms with E-state index in [1.807, 2.05) is 6.07 Å². The van der Waals surface area contributed by atoms with Gasteiger partial charge in [0.2, 0.25) is 0 Å². The van der Waals surface area contributed by atoms with Crippen molar-refractivity contribution >= 4 is 27.5 Å². The summed E-state index contributed by atoms with van der Waals surface area (Å²) in [7, 11) is 0. The van der Waals surface area contributed by atoms with Crippen molar-refractivity contribution in [3.63, 3.8) is 0 Å². The summed E-state index contributed by atoms with van der Waals surface area (Å²) in [4.78, 5) is 16.5. The lowest BCUT2D eigenvalue weighted by atomic mass is 9.58. The number of rotatable bonds is 9. The average molecular weight is 611 g/mol. The number of benzene rings is 2. The van der Waals surface area contributed by atoms with E-state index < -0.39 is 12.3 Å². The first-order chi connectivity index (χ1) is 20.7. The molecule has 2 aromatic heterocycles. The maximum atomic E-state index is 13.1. The number of carboxylic acids is 1. The Morgan fingerprint density at radius 3 is 2.74 bits per heavy atom. The molecule has 2 aromatic carbocycles. The smallest absolute Gasteiger partial charge is 0.478 e. The number of alkyl halides is 3. The van der Waals surface area contributed by atoms with Gasteiger partial charge >= 0.3 is 12.3 Å². The monoisotopic (exact) mass is 610 g/mol. The van der Waals surface area contributed by atoms with E-state index in [2.05, 4.69) is 9.89 Å². The van der Waals surface area contributed by atoms with Crippen molar-refractivity contribution in [2.45, 2.75) is 88.3 Å². The summed E-state index contributed by atoms with van der Waals surface area (Å²) in [5.74, 6) is 1.13. The lowest BCUT2D eigenvalue weighted by Gasteiger charge is -2.48. The van der Waals surface area contributed by atoms with Gasteiger partial charge in [0.05, 0.1) is 20.8 Å². The predicted molar refractivity (Wildman–Crippen MR) is 156 cm³/mol. The lowest BCUT2D eigenvalue weighted by Crippen LogP contribution is -2.40. The lowest BCUT2D eigenvalue weighted by molar-refractivity contribution is -0.274. The average Bonchev–Trinajstić information content (AvgIpc) is 3.58. The van der Waals surface area contributed by atoms with Crippen molar-refractivity contribution in [1.82, 2.24) is 10.1 Å². The molecule has 3 aliphatic rings. The molecule has 2 bridgehead atoms. The Kier molecular flexibility index (Phi) is 7.22. The van der Waals surface area contributed by atoms with E-state index in [4.69, 9.17) is 9.51 Å². The van der Waals surface area contributed by atoms with Crippen molar-refractivity contribution in [2.75, 3.05) is 0 Å². The number of carboxylic acid groups (broad SMARTS) is 1. The first-order valence-corrected chi connectivity index (χ1v) is 16.0. The molecule has 0 radical (unpaired) electrons. The van der Waals surface area contributed by atoms with Gasteiger partial charge in [-0.3, -0.25) is 0 Å². The molecule has 0 aliphatic heterocycles. The van der Waals surface area contributed by atoms with Crippen LogP contribution in [0.25, 0.3) is 21.5 Å². The maximum Gasteiger partial charge on any atom is 0.573 e. The van der Waals surface area contributed by atoms with Crippen molar-refractivity contribution in [2.24, 2.45) is 11.8 Å². The van der Waals surface area contributed by atoms with Gasteiger partial charge < -0.3 is 14.4 Å². The van der Waals surface area contributed by atoms with Gasteiger partial charge in [0.25, 0.3) is 0 Å². The van der Waals surface area contributed by atoms with Crippen LogP contribution in [0.15, 0.2) is 47.0 Å². The number of hydrogen-bond acceptors (Lipinski definition) is 6. The third-order valence-corrected chi connectivity index (χ3v) is 11.0. The van der Waals surface area contributed by atoms with E-state index in [1.54, 1.807) is 35.6 Å². The topological polar surface area (TPSA) is 85.5 Å². The highest BCUT2D eigenvalue weighted by atomic mass is 32.1. The number of halogens is 3. The molecule has 3 saturated carbocycles. The molecule has 7 rings (SSSR count). The minimum absolute atomic E-state index is 0.0650. The number of thiazole rings is 1. The predicted octanol–water partition coefficient (Wildman–Crippen LogP) is 9.29. The van der Waals surface area contributed by atoms with Crippen LogP contribution in [-0.2, 0) is 11.8 Å². The van der Waals surface area contributed by atoms with Gasteiger partial charge in [-0.05, 0) is 100.0 Å². The summed E-state index contributed by atoms with van der Waals surface area (Å²) >= 11 is 1.65. The van der Waals surface area contributed by atoms with Crippen LogP contribution in [0, 0.1) is 11.8 Å². The number of hydrogen-bond donors (Lipinski definition) is 1. The molecule has 6 nitrogen and oxygen atoms in total. The van der Waals surface area contributed by atoms with Gasteiger partial charge in [-0.15, -0.1) is 24.5 Å². The highest BCUT2D eigenvalue weighted by molar-refractivity contribution is 7.18. The van der Waals surface area contributed by atoms with Crippen LogP contribution in [0.4, 0.5) is 13.2 Å². The number of nitrogens with zero attached hydrogens (tertiary/aromatic N) is 2. The number of carbonyl (C=O) groups is 1. The normalized spacial score (nSPS) is 23.9. The molecule has 3 fully saturated rings. The van der Waals surface area contributed by atoms with Crippen LogP contribution in [0.1, 0.15) is 96.8 Å². The van der Waals surface area contributed by atoms with Gasteiger partial charge in [-0.1, -0.05) is 30.1 Å². The molecule has 0 amide bonds. The van der Waals surface area contributed by atoms with Gasteiger partial charge in [0, 0.05) is 22.5 Å². The number of ether oxygens (including phenoxy) is 1. The Labute approximate surface area is 251 Å². The summed E-state index contributed by atoms with van der Waals surface area (Å²) in [5, 5.41) is 14.8. The quantitative estimate of drug-likeness (QED) is 0.203. The van der Waals surface area contributed by atoms with E-state index in [0.29, 0.717) is 41.0 Å². The van der Waals surface area contributed by atoms with E-state index in [0.717, 1.165) is 84.3 Å². The Balaban J connectivity index is 1.06. The minimum atomic E-state index is -4.79. The van der Waals surface area contributed by atoms with Crippen molar-refractivity contribution in [3.05, 3.63) is 64.4 Å². The molecule has 1 N–H and O–H groups in total. The highest BCUT2D eigenvalue weighted by Crippen LogP contribution is 2.55. The van der Waals surface area contributed by atoms with Gasteiger partial charge in [-0.2, -0.15) is 0 Å². The maximum absolute atomic E-state index is 13.1. The third-order valence-electron chi connectivity index (χ3n) is 9.77. The van der Waals surface area contributed by atoms with Crippen molar-refractivity contribution in [3.8, 4) is 17.0 Å². The Hall–Kier alpha value is -3.40. The zero-order chi connectivity index (χ0) is 29.8. The molecule has 3 atom stereocenters. The Bertz CT molecular complexity index is 1660. The van der Waals surface area contributed by atoms with E-state index in [9.17, 15) is 23.1 Å². The molecule has 3 unspecified atom stereocenters. The summed E-state index contributed by atoms with van der Waals surface area (Å²) < 4.78 is 50.4. The van der Waals surface area contributed by atoms with Crippen LogP contribution in [0.3, 0.4) is 0 Å². The van der Waals surface area contributed by atoms with Crippen LogP contribution in [0.2, 0.25) is 0 Å². The van der Waals surface area contributed by atoms with Gasteiger partial charge in [0.1, 0.15) is 17.2 Å². The summed E-state index contributed by atoms with van der Waals surface area (Å²) in [6, 6.07) is 11.4. The molecule has 43 heavy (non-hydrogen) atoms. The zero-order valence-electron chi connectivity index (χ0n) is 23.7. The molecule has 4 aromatic rings. The first-order valence-electron chi connectivity index (χ1n) is 15.2. The molecule has 3 aliphatic carbocycles. The third kappa shape index (κ3) is 5.66. The minimum Gasteiger partial charge on any atom is -0.478 e. The second kappa shape index (κ2) is 10.9.